The minimum atomic E-state index is 0.683. The van der Waals surface area contributed by atoms with Gasteiger partial charge in [0, 0.05) is 11.8 Å². The van der Waals surface area contributed by atoms with E-state index in [1.165, 1.54) is 51.7 Å². The molecule has 0 amide bonds. The molecule has 1 aliphatic carbocycles. The van der Waals surface area contributed by atoms with Crippen molar-refractivity contribution in [3.8, 4) is 0 Å². The summed E-state index contributed by atoms with van der Waals surface area (Å²) in [5, 5.41) is 0.683. The van der Waals surface area contributed by atoms with E-state index in [-0.39, 0.29) is 0 Å². The second kappa shape index (κ2) is 4.01. The van der Waals surface area contributed by atoms with Crippen molar-refractivity contribution in [1.29, 1.82) is 0 Å². The highest BCUT2D eigenvalue weighted by Crippen LogP contribution is 2.28. The molecular weight excluding hydrogens is 166 g/mol. The van der Waals surface area contributed by atoms with Crippen molar-refractivity contribution in [3.05, 3.63) is 0 Å². The molecule has 2 aliphatic rings. The Hall–Kier alpha value is 0.310. The Bertz CT molecular complexity index is 137. The van der Waals surface area contributed by atoms with E-state index >= 15 is 0 Å². The third kappa shape index (κ3) is 2.17. The van der Waals surface area contributed by atoms with E-state index in [1.807, 2.05) is 0 Å². The van der Waals surface area contributed by atoms with E-state index in [1.54, 1.807) is 0 Å². The normalized spacial score (nSPS) is 28.8. The van der Waals surface area contributed by atoms with Crippen LogP contribution in [0.3, 0.4) is 0 Å². The van der Waals surface area contributed by atoms with Crippen LogP contribution in [-0.4, -0.2) is 29.8 Å². The molecule has 0 spiro atoms. The lowest BCUT2D eigenvalue weighted by Crippen LogP contribution is -2.38. The Morgan fingerprint density at radius 2 is 1.75 bits per heavy atom. The van der Waals surface area contributed by atoms with Gasteiger partial charge in [0.15, 0.2) is 0 Å². The molecule has 12 heavy (non-hydrogen) atoms. The molecule has 2 fully saturated rings. The summed E-state index contributed by atoms with van der Waals surface area (Å²) in [5.41, 5.74) is 0. The Morgan fingerprint density at radius 3 is 2.25 bits per heavy atom. The van der Waals surface area contributed by atoms with Gasteiger partial charge in [-0.15, -0.1) is 0 Å². The molecule has 1 heterocycles. The molecule has 0 bridgehead atoms. The Kier molecular flexibility index (Phi) is 2.97. The van der Waals surface area contributed by atoms with Crippen molar-refractivity contribution >= 4 is 12.6 Å². The predicted molar refractivity (Wildman–Crippen MR) is 55.8 cm³/mol. The smallest absolute Gasteiger partial charge is 0.00411 e. The lowest BCUT2D eigenvalue weighted by molar-refractivity contribution is 0.157. The average molecular weight is 185 g/mol. The van der Waals surface area contributed by atoms with Crippen molar-refractivity contribution < 1.29 is 0 Å². The number of rotatable bonds is 2. The largest absolute Gasteiger partial charge is 0.303 e. The van der Waals surface area contributed by atoms with Crippen LogP contribution in [0.15, 0.2) is 0 Å². The van der Waals surface area contributed by atoms with Gasteiger partial charge in [0.25, 0.3) is 0 Å². The van der Waals surface area contributed by atoms with Crippen LogP contribution < -0.4 is 0 Å². The maximum absolute atomic E-state index is 4.50. The van der Waals surface area contributed by atoms with Crippen LogP contribution in [0.4, 0.5) is 0 Å². The zero-order valence-electron chi connectivity index (χ0n) is 7.71. The third-order valence-electron chi connectivity index (χ3n) is 3.30. The van der Waals surface area contributed by atoms with Crippen molar-refractivity contribution in [2.75, 3.05) is 19.6 Å². The first-order chi connectivity index (χ1) is 5.84. The third-order valence-corrected chi connectivity index (χ3v) is 3.81. The summed E-state index contributed by atoms with van der Waals surface area (Å²) >= 11 is 4.50. The number of likely N-dealkylation sites (tertiary alicyclic amines) is 1. The summed E-state index contributed by atoms with van der Waals surface area (Å²) in [6.45, 7) is 3.97. The van der Waals surface area contributed by atoms with E-state index in [0.717, 1.165) is 5.92 Å². The van der Waals surface area contributed by atoms with Crippen LogP contribution in [0.1, 0.15) is 32.1 Å². The van der Waals surface area contributed by atoms with Gasteiger partial charge in [-0.1, -0.05) is 6.42 Å². The van der Waals surface area contributed by atoms with Crippen LogP contribution in [0.5, 0.6) is 0 Å². The molecule has 1 nitrogen and oxygen atoms in total. The fourth-order valence-corrected chi connectivity index (χ4v) is 2.37. The summed E-state index contributed by atoms with van der Waals surface area (Å²) < 4.78 is 0. The summed E-state index contributed by atoms with van der Waals surface area (Å²) in [5.74, 6) is 1.04. The number of nitrogens with zero attached hydrogens (tertiary/aromatic N) is 1. The highest BCUT2D eigenvalue weighted by molar-refractivity contribution is 7.80. The number of hydrogen-bond acceptors (Lipinski definition) is 2. The molecule has 0 radical (unpaired) electrons. The van der Waals surface area contributed by atoms with E-state index in [2.05, 4.69) is 17.5 Å². The van der Waals surface area contributed by atoms with Gasteiger partial charge in [0.2, 0.25) is 0 Å². The van der Waals surface area contributed by atoms with Gasteiger partial charge in [0.05, 0.1) is 0 Å². The highest BCUT2D eigenvalue weighted by atomic mass is 32.1. The second-order valence-electron chi connectivity index (χ2n) is 4.33. The van der Waals surface area contributed by atoms with Crippen molar-refractivity contribution in [3.63, 3.8) is 0 Å². The zero-order chi connectivity index (χ0) is 8.39. The molecule has 0 N–H and O–H groups in total. The Labute approximate surface area is 80.9 Å². The van der Waals surface area contributed by atoms with Gasteiger partial charge < -0.3 is 4.90 Å². The molecule has 70 valence electrons. The molecular formula is C10H19NS. The summed E-state index contributed by atoms with van der Waals surface area (Å²) in [6.07, 6.45) is 7.06. The van der Waals surface area contributed by atoms with Gasteiger partial charge in [-0.3, -0.25) is 0 Å². The second-order valence-corrected chi connectivity index (χ2v) is 5.06. The van der Waals surface area contributed by atoms with Gasteiger partial charge in [-0.2, -0.15) is 12.6 Å². The standard InChI is InChI=1S/C10H19NS/c12-10-4-6-11(7-5-10)8-9-2-1-3-9/h9-10,12H,1-8H2. The lowest BCUT2D eigenvalue weighted by atomic mass is 9.85. The highest BCUT2D eigenvalue weighted by Gasteiger charge is 2.23. The average Bonchev–Trinajstić information content (AvgIpc) is 2.00. The van der Waals surface area contributed by atoms with Gasteiger partial charge >= 0.3 is 0 Å². The molecule has 2 heteroatoms. The van der Waals surface area contributed by atoms with Crippen molar-refractivity contribution in [2.45, 2.75) is 37.4 Å². The van der Waals surface area contributed by atoms with Crippen LogP contribution in [0.25, 0.3) is 0 Å². The Balaban J connectivity index is 1.67. The molecule has 2 rings (SSSR count). The summed E-state index contributed by atoms with van der Waals surface area (Å²) in [7, 11) is 0. The predicted octanol–water partition coefficient (Wildman–Crippen LogP) is 2.18. The van der Waals surface area contributed by atoms with Gasteiger partial charge in [-0.05, 0) is 44.7 Å². The topological polar surface area (TPSA) is 3.24 Å². The fraction of sp³-hybridized carbons (Fsp3) is 1.00. The van der Waals surface area contributed by atoms with Crippen LogP contribution in [0, 0.1) is 5.92 Å². The number of piperidine rings is 1. The summed E-state index contributed by atoms with van der Waals surface area (Å²) in [6, 6.07) is 0. The molecule has 0 atom stereocenters. The quantitative estimate of drug-likeness (QED) is 0.645. The summed E-state index contributed by atoms with van der Waals surface area (Å²) in [4.78, 5) is 2.64. The first-order valence-electron chi connectivity index (χ1n) is 5.25. The number of hydrogen-bond donors (Lipinski definition) is 1. The molecule has 0 aromatic heterocycles. The fourth-order valence-electron chi connectivity index (χ4n) is 2.14. The molecule has 1 saturated carbocycles. The van der Waals surface area contributed by atoms with E-state index in [9.17, 15) is 0 Å². The van der Waals surface area contributed by atoms with Gasteiger partial charge in [0.1, 0.15) is 0 Å². The molecule has 1 saturated heterocycles. The van der Waals surface area contributed by atoms with Crippen molar-refractivity contribution in [1.82, 2.24) is 4.90 Å². The van der Waals surface area contributed by atoms with Crippen LogP contribution >= 0.6 is 12.6 Å². The molecule has 0 aromatic rings. The van der Waals surface area contributed by atoms with Crippen LogP contribution in [0.2, 0.25) is 0 Å². The zero-order valence-corrected chi connectivity index (χ0v) is 8.60. The minimum Gasteiger partial charge on any atom is -0.303 e. The Morgan fingerprint density at radius 1 is 1.08 bits per heavy atom. The van der Waals surface area contributed by atoms with E-state index < -0.39 is 0 Å². The first kappa shape index (κ1) is 8.89. The maximum atomic E-state index is 4.50. The van der Waals surface area contributed by atoms with Crippen LogP contribution in [-0.2, 0) is 0 Å². The monoisotopic (exact) mass is 185 g/mol. The van der Waals surface area contributed by atoms with E-state index in [0.29, 0.717) is 5.25 Å². The molecule has 0 unspecified atom stereocenters. The SMILES string of the molecule is SC1CCN(CC2CCC2)CC1. The minimum absolute atomic E-state index is 0.683. The van der Waals surface area contributed by atoms with E-state index in [4.69, 9.17) is 0 Å². The maximum Gasteiger partial charge on any atom is 0.00411 e. The first-order valence-corrected chi connectivity index (χ1v) is 5.76. The molecule has 0 aromatic carbocycles. The van der Waals surface area contributed by atoms with Gasteiger partial charge in [-0.25, -0.2) is 0 Å². The number of thiol groups is 1. The molecule has 1 aliphatic heterocycles. The van der Waals surface area contributed by atoms with Crippen molar-refractivity contribution in [2.24, 2.45) is 5.92 Å². The lowest BCUT2D eigenvalue weighted by Gasteiger charge is -2.35.